The first-order valence-electron chi connectivity index (χ1n) is 10.4. The summed E-state index contributed by atoms with van der Waals surface area (Å²) in [4.78, 5) is 24.7. The molecule has 4 rings (SSSR count). The van der Waals surface area contributed by atoms with Crippen molar-refractivity contribution < 1.29 is 24.2 Å². The van der Waals surface area contributed by atoms with Crippen molar-refractivity contribution in [1.82, 2.24) is 5.01 Å². The number of hydrogen-bond donors (Lipinski definition) is 1. The third kappa shape index (κ3) is 3.93. The first kappa shape index (κ1) is 21.1. The van der Waals surface area contributed by atoms with Crippen LogP contribution in [0.1, 0.15) is 48.6 Å². The van der Waals surface area contributed by atoms with Gasteiger partial charge in [0.05, 0.1) is 25.5 Å². The lowest BCUT2D eigenvalue weighted by Crippen LogP contribution is -2.38. The van der Waals surface area contributed by atoms with Gasteiger partial charge in [-0.1, -0.05) is 24.3 Å². The van der Waals surface area contributed by atoms with Gasteiger partial charge < -0.3 is 14.6 Å². The second kappa shape index (κ2) is 8.51. The molecule has 1 heterocycles. The summed E-state index contributed by atoms with van der Waals surface area (Å²) in [6.45, 7) is 2.79. The first-order chi connectivity index (χ1) is 14.9. The van der Waals surface area contributed by atoms with Crippen molar-refractivity contribution >= 4 is 17.6 Å². The topological polar surface area (TPSA) is 88.4 Å². The van der Waals surface area contributed by atoms with Gasteiger partial charge in [-0.3, -0.25) is 9.59 Å². The van der Waals surface area contributed by atoms with E-state index in [2.05, 4.69) is 0 Å². The van der Waals surface area contributed by atoms with Crippen LogP contribution >= 0.6 is 0 Å². The number of hydrogen-bond acceptors (Lipinski definition) is 6. The highest BCUT2D eigenvalue weighted by molar-refractivity contribution is 6.07. The second-order valence-corrected chi connectivity index (χ2v) is 7.93. The van der Waals surface area contributed by atoms with Crippen molar-refractivity contribution in [1.29, 1.82) is 0 Å². The normalized spacial score (nSPS) is 20.4. The SMILES string of the molecule is COc1ccc([C@@H]2[C@@H]3CCc4ccc(CO)cc4C3=NN2C(=O)[C@H](C)OC(C)=O)cc1. The maximum atomic E-state index is 13.2. The number of benzene rings is 2. The van der Waals surface area contributed by atoms with E-state index in [4.69, 9.17) is 14.6 Å². The van der Waals surface area contributed by atoms with Gasteiger partial charge in [-0.25, -0.2) is 5.01 Å². The molecule has 0 unspecified atom stereocenters. The predicted molar refractivity (Wildman–Crippen MR) is 115 cm³/mol. The third-order valence-electron chi connectivity index (χ3n) is 5.94. The highest BCUT2D eigenvalue weighted by Crippen LogP contribution is 2.44. The molecule has 1 aliphatic carbocycles. The van der Waals surface area contributed by atoms with Crippen molar-refractivity contribution in [3.8, 4) is 5.75 Å². The molecule has 7 nitrogen and oxygen atoms in total. The number of carbonyl (C=O) groups excluding carboxylic acids is 2. The fourth-order valence-corrected chi connectivity index (χ4v) is 4.46. The van der Waals surface area contributed by atoms with Gasteiger partial charge in [-0.15, -0.1) is 0 Å². The molecule has 1 amide bonds. The molecule has 0 radical (unpaired) electrons. The summed E-state index contributed by atoms with van der Waals surface area (Å²) in [5.74, 6) is -0.138. The van der Waals surface area contributed by atoms with Gasteiger partial charge in [0.2, 0.25) is 0 Å². The Morgan fingerprint density at radius 3 is 2.61 bits per heavy atom. The summed E-state index contributed by atoms with van der Waals surface area (Å²) in [5.41, 5.74) is 4.70. The molecule has 1 aliphatic heterocycles. The lowest BCUT2D eigenvalue weighted by molar-refractivity contribution is -0.158. The molecule has 31 heavy (non-hydrogen) atoms. The van der Waals surface area contributed by atoms with Gasteiger partial charge >= 0.3 is 5.97 Å². The second-order valence-electron chi connectivity index (χ2n) is 7.93. The molecule has 3 atom stereocenters. The van der Waals surface area contributed by atoms with Gasteiger partial charge in [0, 0.05) is 18.4 Å². The number of rotatable bonds is 5. The van der Waals surface area contributed by atoms with Crippen molar-refractivity contribution in [3.63, 3.8) is 0 Å². The van der Waals surface area contributed by atoms with Crippen LogP contribution in [0.3, 0.4) is 0 Å². The number of esters is 1. The Morgan fingerprint density at radius 2 is 1.97 bits per heavy atom. The summed E-state index contributed by atoms with van der Waals surface area (Å²) >= 11 is 0. The van der Waals surface area contributed by atoms with Crippen LogP contribution in [-0.4, -0.2) is 40.9 Å². The lowest BCUT2D eigenvalue weighted by atomic mass is 9.77. The van der Waals surface area contributed by atoms with Crippen LogP contribution in [0.5, 0.6) is 5.75 Å². The minimum absolute atomic E-state index is 0.00307. The summed E-state index contributed by atoms with van der Waals surface area (Å²) in [7, 11) is 1.61. The molecule has 7 heteroatoms. The van der Waals surface area contributed by atoms with E-state index < -0.39 is 12.1 Å². The quantitative estimate of drug-likeness (QED) is 0.749. The minimum atomic E-state index is -0.939. The highest BCUT2D eigenvalue weighted by atomic mass is 16.5. The average molecular weight is 422 g/mol. The van der Waals surface area contributed by atoms with Gasteiger partial charge in [0.25, 0.3) is 5.91 Å². The van der Waals surface area contributed by atoms with Crippen LogP contribution in [0.25, 0.3) is 0 Å². The average Bonchev–Trinajstić information content (AvgIpc) is 3.17. The van der Waals surface area contributed by atoms with Crippen LogP contribution in [0.15, 0.2) is 47.6 Å². The van der Waals surface area contributed by atoms with Gasteiger partial charge in [-0.05, 0) is 54.7 Å². The zero-order chi connectivity index (χ0) is 22.1. The molecule has 2 aromatic rings. The van der Waals surface area contributed by atoms with Crippen molar-refractivity contribution in [2.75, 3.05) is 7.11 Å². The Morgan fingerprint density at radius 1 is 1.23 bits per heavy atom. The molecule has 0 bridgehead atoms. The number of methoxy groups -OCH3 is 1. The van der Waals surface area contributed by atoms with Crippen molar-refractivity contribution in [2.45, 2.75) is 45.4 Å². The molecule has 0 fully saturated rings. The zero-order valence-electron chi connectivity index (χ0n) is 17.9. The number of nitrogens with zero attached hydrogens (tertiary/aromatic N) is 2. The third-order valence-corrected chi connectivity index (χ3v) is 5.94. The summed E-state index contributed by atoms with van der Waals surface area (Å²) in [6, 6.07) is 13.2. The molecule has 2 aliphatic rings. The maximum Gasteiger partial charge on any atom is 0.303 e. The molecule has 0 spiro atoms. The van der Waals surface area contributed by atoms with Gasteiger partial charge in [-0.2, -0.15) is 5.10 Å². The highest BCUT2D eigenvalue weighted by Gasteiger charge is 2.45. The number of aryl methyl sites for hydroxylation is 1. The number of amides is 1. The van der Waals surface area contributed by atoms with Crippen LogP contribution in [-0.2, 0) is 27.4 Å². The lowest BCUT2D eigenvalue weighted by Gasteiger charge is -2.30. The number of carbonyl (C=O) groups is 2. The molecule has 0 saturated heterocycles. The summed E-state index contributed by atoms with van der Waals surface area (Å²) in [6.07, 6.45) is 0.761. The molecular weight excluding hydrogens is 396 g/mol. The molecular formula is C24H26N2O5. The van der Waals surface area contributed by atoms with Crippen molar-refractivity contribution in [3.05, 3.63) is 64.7 Å². The Balaban J connectivity index is 1.77. The minimum Gasteiger partial charge on any atom is -0.497 e. The van der Waals surface area contributed by atoms with Crippen LogP contribution in [0.4, 0.5) is 0 Å². The fraction of sp³-hybridized carbons (Fsp3) is 0.375. The molecule has 0 saturated carbocycles. The van der Waals surface area contributed by atoms with E-state index >= 15 is 0 Å². The number of ether oxygens (including phenoxy) is 2. The maximum absolute atomic E-state index is 13.2. The fourth-order valence-electron chi connectivity index (χ4n) is 4.46. The molecule has 162 valence electrons. The standard InChI is InChI=1S/C24H26N2O5/c1-14(31-15(2)28)24(29)26-23(18-6-9-19(30-3)10-7-18)20-11-8-17-5-4-16(13-27)12-21(17)22(20)25-26/h4-7,9-10,12,14,20,23,27H,8,11,13H2,1-3H3/t14-,20+,23+/m0/s1. The Hall–Kier alpha value is -3.19. The number of hydrazone groups is 1. The summed E-state index contributed by atoms with van der Waals surface area (Å²) < 4.78 is 10.4. The van der Waals surface area contributed by atoms with Crippen LogP contribution in [0.2, 0.25) is 0 Å². The number of aliphatic hydroxyl groups excluding tert-OH is 1. The Bertz CT molecular complexity index is 1030. The first-order valence-corrected chi connectivity index (χ1v) is 10.4. The number of fused-ring (bicyclic) bond motifs is 3. The van der Waals surface area contributed by atoms with Crippen molar-refractivity contribution in [2.24, 2.45) is 11.0 Å². The van der Waals surface area contributed by atoms with E-state index in [0.717, 1.165) is 46.6 Å². The number of aliphatic hydroxyl groups is 1. The largest absolute Gasteiger partial charge is 0.497 e. The smallest absolute Gasteiger partial charge is 0.303 e. The van der Waals surface area contributed by atoms with Gasteiger partial charge in [0.15, 0.2) is 6.10 Å². The van der Waals surface area contributed by atoms with E-state index in [0.29, 0.717) is 0 Å². The Kier molecular flexibility index (Phi) is 5.78. The predicted octanol–water partition coefficient (Wildman–Crippen LogP) is 2.99. The van der Waals surface area contributed by atoms with E-state index in [1.54, 1.807) is 14.0 Å². The molecule has 1 N–H and O–H groups in total. The van der Waals surface area contributed by atoms with E-state index in [1.165, 1.54) is 11.9 Å². The Labute approximate surface area is 181 Å². The van der Waals surface area contributed by atoms with Crippen LogP contribution < -0.4 is 4.74 Å². The van der Waals surface area contributed by atoms with E-state index in [1.807, 2.05) is 42.5 Å². The van der Waals surface area contributed by atoms with E-state index in [9.17, 15) is 14.7 Å². The van der Waals surface area contributed by atoms with Crippen LogP contribution in [0, 0.1) is 5.92 Å². The molecule has 2 aromatic carbocycles. The monoisotopic (exact) mass is 422 g/mol. The zero-order valence-corrected chi connectivity index (χ0v) is 17.9. The van der Waals surface area contributed by atoms with Gasteiger partial charge in [0.1, 0.15) is 5.75 Å². The van der Waals surface area contributed by atoms with E-state index in [-0.39, 0.29) is 24.5 Å². The molecule has 0 aromatic heterocycles. The summed E-state index contributed by atoms with van der Waals surface area (Å²) in [5, 5.41) is 15.8.